The number of ether oxygens (including phenoxy) is 2. The number of aromatic nitrogens is 1. The van der Waals surface area contributed by atoms with E-state index in [9.17, 15) is 14.7 Å². The van der Waals surface area contributed by atoms with Crippen molar-refractivity contribution in [2.75, 3.05) is 14.2 Å². The molecule has 0 aromatic carbocycles. The number of hydrogen-bond acceptors (Lipinski definition) is 5. The van der Waals surface area contributed by atoms with Crippen molar-refractivity contribution in [3.05, 3.63) is 23.4 Å². The summed E-state index contributed by atoms with van der Waals surface area (Å²) in [5, 5.41) is 9.31. The molecule has 1 unspecified atom stereocenters. The number of rotatable bonds is 3. The van der Waals surface area contributed by atoms with Gasteiger partial charge in [0.25, 0.3) is 0 Å². The van der Waals surface area contributed by atoms with E-state index in [2.05, 4.69) is 9.72 Å². The zero-order chi connectivity index (χ0) is 13.3. The van der Waals surface area contributed by atoms with Crippen molar-refractivity contribution in [2.45, 2.75) is 12.8 Å². The number of esters is 1. The fourth-order valence-electron chi connectivity index (χ4n) is 2.23. The number of methoxy groups -OCH3 is 2. The molecular weight excluding hydrogens is 238 g/mol. The standard InChI is InChI=1S/C12H13NO5/c1-17-9-3-7-4-12(10(14)15,11(16)18-2)5-8(7)6-13-9/h3,6H,4-5H2,1-2H3,(H,14,15). The number of carboxylic acid groups (broad SMARTS) is 1. The molecule has 0 radical (unpaired) electrons. The Hall–Kier alpha value is -2.11. The number of carbonyl (C=O) groups excluding carboxylic acids is 1. The zero-order valence-corrected chi connectivity index (χ0v) is 10.1. The van der Waals surface area contributed by atoms with E-state index in [1.165, 1.54) is 14.2 Å². The minimum absolute atomic E-state index is 0.0985. The summed E-state index contributed by atoms with van der Waals surface area (Å²) < 4.78 is 9.60. The van der Waals surface area contributed by atoms with Gasteiger partial charge in [-0.2, -0.15) is 0 Å². The summed E-state index contributed by atoms with van der Waals surface area (Å²) in [6.07, 6.45) is 1.74. The van der Waals surface area contributed by atoms with E-state index in [0.717, 1.165) is 11.1 Å². The molecule has 0 fully saturated rings. The van der Waals surface area contributed by atoms with Gasteiger partial charge in [-0.3, -0.25) is 9.59 Å². The number of fused-ring (bicyclic) bond motifs is 1. The minimum atomic E-state index is -1.54. The Morgan fingerprint density at radius 2 is 2.00 bits per heavy atom. The molecule has 6 nitrogen and oxygen atoms in total. The predicted octanol–water partition coefficient (Wildman–Crippen LogP) is 0.433. The van der Waals surface area contributed by atoms with Gasteiger partial charge >= 0.3 is 11.9 Å². The number of pyridine rings is 1. The molecule has 0 saturated carbocycles. The van der Waals surface area contributed by atoms with Crippen LogP contribution in [0.4, 0.5) is 0 Å². The normalized spacial score (nSPS) is 21.2. The molecule has 0 bridgehead atoms. The molecule has 1 aromatic heterocycles. The number of aliphatic carboxylic acids is 1. The summed E-state index contributed by atoms with van der Waals surface area (Å²) >= 11 is 0. The minimum Gasteiger partial charge on any atom is -0.481 e. The number of nitrogens with zero attached hydrogens (tertiary/aromatic N) is 1. The van der Waals surface area contributed by atoms with Crippen molar-refractivity contribution >= 4 is 11.9 Å². The zero-order valence-electron chi connectivity index (χ0n) is 10.1. The monoisotopic (exact) mass is 251 g/mol. The van der Waals surface area contributed by atoms with Gasteiger partial charge in [0.15, 0.2) is 5.41 Å². The van der Waals surface area contributed by atoms with Gasteiger partial charge in [-0.25, -0.2) is 4.98 Å². The van der Waals surface area contributed by atoms with Crippen LogP contribution in [0.5, 0.6) is 5.88 Å². The highest BCUT2D eigenvalue weighted by molar-refractivity contribution is 6.00. The van der Waals surface area contributed by atoms with Crippen molar-refractivity contribution in [1.82, 2.24) is 4.98 Å². The van der Waals surface area contributed by atoms with Gasteiger partial charge in [-0.05, 0) is 11.1 Å². The lowest BCUT2D eigenvalue weighted by atomic mass is 9.85. The number of carbonyl (C=O) groups is 2. The smallest absolute Gasteiger partial charge is 0.323 e. The molecule has 1 aliphatic rings. The first-order valence-corrected chi connectivity index (χ1v) is 5.37. The lowest BCUT2D eigenvalue weighted by Gasteiger charge is -2.19. The maximum absolute atomic E-state index is 11.7. The van der Waals surface area contributed by atoms with Crippen LogP contribution in [0.1, 0.15) is 11.1 Å². The third-order valence-corrected chi connectivity index (χ3v) is 3.24. The van der Waals surface area contributed by atoms with E-state index in [1.54, 1.807) is 12.3 Å². The topological polar surface area (TPSA) is 85.7 Å². The van der Waals surface area contributed by atoms with Crippen LogP contribution in [0, 0.1) is 5.41 Å². The second kappa shape index (κ2) is 4.29. The van der Waals surface area contributed by atoms with Gasteiger partial charge in [-0.15, -0.1) is 0 Å². The second-order valence-electron chi connectivity index (χ2n) is 4.23. The van der Waals surface area contributed by atoms with Gasteiger partial charge in [0, 0.05) is 25.1 Å². The van der Waals surface area contributed by atoms with Gasteiger partial charge in [0.05, 0.1) is 14.2 Å². The number of carboxylic acids is 1. The fraction of sp³-hybridized carbons (Fsp3) is 0.417. The SMILES string of the molecule is COC(=O)C1(C(=O)O)Cc2cnc(OC)cc2C1. The quantitative estimate of drug-likeness (QED) is 0.619. The number of hydrogen-bond donors (Lipinski definition) is 1. The van der Waals surface area contributed by atoms with E-state index < -0.39 is 17.4 Å². The average molecular weight is 251 g/mol. The maximum atomic E-state index is 11.7. The fourth-order valence-corrected chi connectivity index (χ4v) is 2.23. The van der Waals surface area contributed by atoms with E-state index in [1.807, 2.05) is 0 Å². The Labute approximate surface area is 104 Å². The molecule has 6 heteroatoms. The molecule has 1 aromatic rings. The summed E-state index contributed by atoms with van der Waals surface area (Å²) in [6.45, 7) is 0. The lowest BCUT2D eigenvalue weighted by Crippen LogP contribution is -2.41. The summed E-state index contributed by atoms with van der Waals surface area (Å²) in [6, 6.07) is 1.66. The molecule has 1 atom stereocenters. The van der Waals surface area contributed by atoms with E-state index in [-0.39, 0.29) is 12.8 Å². The molecule has 0 aliphatic heterocycles. The van der Waals surface area contributed by atoms with Crippen LogP contribution in [-0.2, 0) is 27.2 Å². The third kappa shape index (κ3) is 1.70. The molecule has 18 heavy (non-hydrogen) atoms. The van der Waals surface area contributed by atoms with Crippen LogP contribution in [0.25, 0.3) is 0 Å². The van der Waals surface area contributed by atoms with Crippen molar-refractivity contribution in [1.29, 1.82) is 0 Å². The Kier molecular flexibility index (Phi) is 2.94. The highest BCUT2D eigenvalue weighted by Crippen LogP contribution is 2.39. The van der Waals surface area contributed by atoms with Crippen molar-refractivity contribution in [2.24, 2.45) is 5.41 Å². The van der Waals surface area contributed by atoms with Crippen molar-refractivity contribution < 1.29 is 24.2 Å². The summed E-state index contributed by atoms with van der Waals surface area (Å²) in [4.78, 5) is 27.2. The highest BCUT2D eigenvalue weighted by Gasteiger charge is 2.52. The van der Waals surface area contributed by atoms with Gasteiger partial charge in [0.1, 0.15) is 0 Å². The van der Waals surface area contributed by atoms with Gasteiger partial charge in [0.2, 0.25) is 5.88 Å². The molecule has 0 spiro atoms. The molecular formula is C12H13NO5. The predicted molar refractivity (Wildman–Crippen MR) is 60.3 cm³/mol. The third-order valence-electron chi connectivity index (χ3n) is 3.24. The Bertz CT molecular complexity index is 513. The molecule has 2 rings (SSSR count). The van der Waals surface area contributed by atoms with Gasteiger partial charge < -0.3 is 14.6 Å². The van der Waals surface area contributed by atoms with Crippen molar-refractivity contribution in [3.8, 4) is 5.88 Å². The van der Waals surface area contributed by atoms with Crippen LogP contribution < -0.4 is 4.74 Å². The van der Waals surface area contributed by atoms with E-state index in [4.69, 9.17) is 4.74 Å². The van der Waals surface area contributed by atoms with E-state index in [0.29, 0.717) is 5.88 Å². The summed E-state index contributed by atoms with van der Waals surface area (Å²) in [7, 11) is 2.67. The molecule has 0 amide bonds. The Morgan fingerprint density at radius 1 is 1.33 bits per heavy atom. The largest absolute Gasteiger partial charge is 0.481 e. The summed E-state index contributed by atoms with van der Waals surface area (Å²) in [5.41, 5.74) is -0.0382. The first-order chi connectivity index (χ1) is 8.53. The molecule has 1 aliphatic carbocycles. The van der Waals surface area contributed by atoms with Gasteiger partial charge in [-0.1, -0.05) is 0 Å². The molecule has 0 saturated heterocycles. The van der Waals surface area contributed by atoms with E-state index >= 15 is 0 Å². The highest BCUT2D eigenvalue weighted by atomic mass is 16.5. The van der Waals surface area contributed by atoms with Crippen molar-refractivity contribution in [3.63, 3.8) is 0 Å². The summed E-state index contributed by atoms with van der Waals surface area (Å²) in [5.74, 6) is -1.51. The molecule has 96 valence electrons. The van der Waals surface area contributed by atoms with Crippen LogP contribution in [-0.4, -0.2) is 36.2 Å². The molecule has 1 heterocycles. The Morgan fingerprint density at radius 3 is 2.56 bits per heavy atom. The van der Waals surface area contributed by atoms with Crippen LogP contribution >= 0.6 is 0 Å². The lowest BCUT2D eigenvalue weighted by molar-refractivity contribution is -0.166. The first kappa shape index (κ1) is 12.3. The van der Waals surface area contributed by atoms with Crippen LogP contribution in [0.15, 0.2) is 12.3 Å². The van der Waals surface area contributed by atoms with Crippen LogP contribution in [0.3, 0.4) is 0 Å². The Balaban J connectivity index is 2.41. The second-order valence-corrected chi connectivity index (χ2v) is 4.23. The maximum Gasteiger partial charge on any atom is 0.323 e. The van der Waals surface area contributed by atoms with Crippen LogP contribution in [0.2, 0.25) is 0 Å². The average Bonchev–Trinajstić information content (AvgIpc) is 2.77. The first-order valence-electron chi connectivity index (χ1n) is 5.37. The molecule has 1 N–H and O–H groups in total.